The van der Waals surface area contributed by atoms with E-state index in [-0.39, 0.29) is 17.2 Å². The Kier molecular flexibility index (Phi) is 5.60. The average molecular weight is 423 g/mol. The number of carbonyl (C=O) groups is 2. The molecule has 0 saturated carbocycles. The zero-order valence-corrected chi connectivity index (χ0v) is 17.3. The summed E-state index contributed by atoms with van der Waals surface area (Å²) in [7, 11) is 0. The van der Waals surface area contributed by atoms with Gasteiger partial charge >= 0.3 is 0 Å². The van der Waals surface area contributed by atoms with Crippen molar-refractivity contribution in [2.24, 2.45) is 0 Å². The van der Waals surface area contributed by atoms with Crippen LogP contribution in [0.4, 0.5) is 11.4 Å². The second-order valence-corrected chi connectivity index (χ2v) is 8.35. The minimum Gasteiger partial charge on any atom is -0.322 e. The van der Waals surface area contributed by atoms with Crippen LogP contribution in [0.15, 0.2) is 72.8 Å². The lowest BCUT2D eigenvalue weighted by Gasteiger charge is -2.24. The number of rotatable bonds is 4. The first-order valence-corrected chi connectivity index (χ1v) is 10.6. The van der Waals surface area contributed by atoms with Gasteiger partial charge in [-0.1, -0.05) is 41.4 Å². The number of hydrogen-bond acceptors (Lipinski definition) is 3. The number of anilines is 2. The number of hydrogen-bond donors (Lipinski definition) is 1. The van der Waals surface area contributed by atoms with E-state index in [0.717, 1.165) is 16.8 Å². The molecule has 0 spiro atoms. The quantitative estimate of drug-likeness (QED) is 0.588. The number of nitrogens with one attached hydrogen (secondary N) is 1. The van der Waals surface area contributed by atoms with Crippen molar-refractivity contribution in [1.82, 2.24) is 0 Å². The van der Waals surface area contributed by atoms with Crippen LogP contribution in [0.5, 0.6) is 0 Å². The number of amides is 2. The van der Waals surface area contributed by atoms with Gasteiger partial charge in [0.05, 0.1) is 5.75 Å². The van der Waals surface area contributed by atoms with Gasteiger partial charge in [-0.2, -0.15) is 0 Å². The normalized spacial score (nSPS) is 16.1. The van der Waals surface area contributed by atoms with Crippen LogP contribution in [0, 0.1) is 6.92 Å². The molecule has 0 bridgehead atoms. The van der Waals surface area contributed by atoms with Crippen molar-refractivity contribution < 1.29 is 9.59 Å². The summed E-state index contributed by atoms with van der Waals surface area (Å²) < 4.78 is 0. The van der Waals surface area contributed by atoms with E-state index in [1.54, 1.807) is 36.0 Å². The van der Waals surface area contributed by atoms with Gasteiger partial charge < -0.3 is 5.32 Å². The largest absolute Gasteiger partial charge is 0.322 e. The molecule has 1 unspecified atom stereocenters. The molecule has 3 aromatic carbocycles. The van der Waals surface area contributed by atoms with Crippen molar-refractivity contribution in [3.8, 4) is 0 Å². The highest BCUT2D eigenvalue weighted by molar-refractivity contribution is 8.00. The fourth-order valence-electron chi connectivity index (χ4n) is 3.19. The Hall–Kier alpha value is -2.76. The van der Waals surface area contributed by atoms with E-state index in [0.29, 0.717) is 22.0 Å². The minimum atomic E-state index is -0.193. The van der Waals surface area contributed by atoms with Crippen LogP contribution < -0.4 is 10.2 Å². The van der Waals surface area contributed by atoms with Crippen LogP contribution >= 0.6 is 23.4 Å². The van der Waals surface area contributed by atoms with Gasteiger partial charge in [-0.15, -0.1) is 11.8 Å². The maximum Gasteiger partial charge on any atom is 0.255 e. The van der Waals surface area contributed by atoms with Gasteiger partial charge in [0.25, 0.3) is 5.91 Å². The Balaban J connectivity index is 1.50. The topological polar surface area (TPSA) is 49.4 Å². The van der Waals surface area contributed by atoms with E-state index in [4.69, 9.17) is 11.6 Å². The lowest BCUT2D eigenvalue weighted by molar-refractivity contribution is -0.115. The highest BCUT2D eigenvalue weighted by Crippen LogP contribution is 2.41. The average Bonchev–Trinajstić information content (AvgIpc) is 3.11. The van der Waals surface area contributed by atoms with Crippen molar-refractivity contribution in [3.05, 3.63) is 94.5 Å². The van der Waals surface area contributed by atoms with Crippen LogP contribution in [-0.4, -0.2) is 17.6 Å². The second kappa shape index (κ2) is 8.31. The molecule has 1 heterocycles. The number of carbonyl (C=O) groups excluding carboxylic acids is 2. The molecule has 0 aromatic heterocycles. The lowest BCUT2D eigenvalue weighted by atomic mass is 10.1. The van der Waals surface area contributed by atoms with Gasteiger partial charge in [-0.25, -0.2) is 0 Å². The van der Waals surface area contributed by atoms with Crippen molar-refractivity contribution >= 4 is 46.6 Å². The van der Waals surface area contributed by atoms with Gasteiger partial charge in [0.15, 0.2) is 0 Å². The number of aryl methyl sites for hydroxylation is 1. The molecule has 3 aromatic rings. The number of benzene rings is 3. The molecule has 29 heavy (non-hydrogen) atoms. The second-order valence-electron chi connectivity index (χ2n) is 6.85. The Morgan fingerprint density at radius 1 is 1.00 bits per heavy atom. The maximum absolute atomic E-state index is 12.5. The summed E-state index contributed by atoms with van der Waals surface area (Å²) in [5.41, 5.74) is 4.32. The molecule has 0 aliphatic carbocycles. The lowest BCUT2D eigenvalue weighted by Crippen LogP contribution is -2.27. The third kappa shape index (κ3) is 4.31. The summed E-state index contributed by atoms with van der Waals surface area (Å²) in [5, 5.41) is 3.40. The standard InChI is InChI=1S/C23H19ClN2O2S/c1-15-2-12-20(13-3-15)26-21(27)14-29-23(26)17-6-10-19(11-7-17)25-22(28)16-4-8-18(24)9-5-16/h2-13,23H,14H2,1H3,(H,25,28). The van der Waals surface area contributed by atoms with Gasteiger partial charge in [-0.05, 0) is 61.0 Å². The molecule has 1 fully saturated rings. The summed E-state index contributed by atoms with van der Waals surface area (Å²) in [6.07, 6.45) is 0. The Labute approximate surface area is 178 Å². The smallest absolute Gasteiger partial charge is 0.255 e. The van der Waals surface area contributed by atoms with E-state index >= 15 is 0 Å². The summed E-state index contributed by atoms with van der Waals surface area (Å²) in [6.45, 7) is 2.03. The number of halogens is 1. The Morgan fingerprint density at radius 3 is 2.31 bits per heavy atom. The summed E-state index contributed by atoms with van der Waals surface area (Å²) in [5.74, 6) is 0.359. The first-order chi connectivity index (χ1) is 14.0. The van der Waals surface area contributed by atoms with E-state index < -0.39 is 0 Å². The van der Waals surface area contributed by atoms with E-state index in [1.165, 1.54) is 0 Å². The molecule has 146 valence electrons. The third-order valence-corrected chi connectivity index (χ3v) is 6.20. The number of thioether (sulfide) groups is 1. The molecule has 1 aliphatic heterocycles. The molecule has 4 rings (SSSR count). The minimum absolute atomic E-state index is 0.0776. The molecule has 6 heteroatoms. The predicted molar refractivity (Wildman–Crippen MR) is 120 cm³/mol. The van der Waals surface area contributed by atoms with Crippen LogP contribution in [0.2, 0.25) is 5.02 Å². The van der Waals surface area contributed by atoms with Crippen LogP contribution in [0.25, 0.3) is 0 Å². The van der Waals surface area contributed by atoms with Crippen LogP contribution in [0.3, 0.4) is 0 Å². The van der Waals surface area contributed by atoms with Gasteiger partial charge in [0, 0.05) is 22.0 Å². The first-order valence-electron chi connectivity index (χ1n) is 9.18. The van der Waals surface area contributed by atoms with E-state index in [1.807, 2.05) is 60.4 Å². The predicted octanol–water partition coefficient (Wildman–Crippen LogP) is 5.68. The summed E-state index contributed by atoms with van der Waals surface area (Å²) >= 11 is 7.47. The number of nitrogens with zero attached hydrogens (tertiary/aromatic N) is 1. The fourth-order valence-corrected chi connectivity index (χ4v) is 4.49. The monoisotopic (exact) mass is 422 g/mol. The Bertz CT molecular complexity index is 1030. The SMILES string of the molecule is Cc1ccc(N2C(=O)CSC2c2ccc(NC(=O)c3ccc(Cl)cc3)cc2)cc1. The van der Waals surface area contributed by atoms with E-state index in [9.17, 15) is 9.59 Å². The molecular formula is C23H19ClN2O2S. The molecule has 4 nitrogen and oxygen atoms in total. The van der Waals surface area contributed by atoms with Crippen molar-refractivity contribution in [2.45, 2.75) is 12.3 Å². The van der Waals surface area contributed by atoms with Gasteiger partial charge in [-0.3, -0.25) is 14.5 Å². The molecule has 1 N–H and O–H groups in total. The molecular weight excluding hydrogens is 404 g/mol. The summed E-state index contributed by atoms with van der Waals surface area (Å²) in [4.78, 5) is 26.7. The maximum atomic E-state index is 12.5. The molecule has 1 saturated heterocycles. The van der Waals surface area contributed by atoms with Crippen molar-refractivity contribution in [1.29, 1.82) is 0 Å². The first kappa shape index (κ1) is 19.6. The molecule has 2 amide bonds. The van der Waals surface area contributed by atoms with E-state index in [2.05, 4.69) is 5.32 Å². The van der Waals surface area contributed by atoms with Gasteiger partial charge in [0.1, 0.15) is 5.37 Å². The van der Waals surface area contributed by atoms with Crippen LogP contribution in [0.1, 0.15) is 26.9 Å². The Morgan fingerprint density at radius 2 is 1.66 bits per heavy atom. The van der Waals surface area contributed by atoms with Crippen molar-refractivity contribution in [2.75, 3.05) is 16.0 Å². The highest BCUT2D eigenvalue weighted by atomic mass is 35.5. The molecule has 0 radical (unpaired) electrons. The highest BCUT2D eigenvalue weighted by Gasteiger charge is 2.33. The van der Waals surface area contributed by atoms with Crippen molar-refractivity contribution in [3.63, 3.8) is 0 Å². The zero-order valence-electron chi connectivity index (χ0n) is 15.8. The fraction of sp³-hybridized carbons (Fsp3) is 0.130. The molecule has 1 aliphatic rings. The zero-order chi connectivity index (χ0) is 20.4. The van der Waals surface area contributed by atoms with Crippen LogP contribution in [-0.2, 0) is 4.79 Å². The molecule has 1 atom stereocenters. The van der Waals surface area contributed by atoms with Gasteiger partial charge in [0.2, 0.25) is 5.91 Å². The third-order valence-electron chi connectivity index (χ3n) is 4.74. The summed E-state index contributed by atoms with van der Waals surface area (Å²) in [6, 6.07) is 22.4.